The summed E-state index contributed by atoms with van der Waals surface area (Å²) in [6.07, 6.45) is 1.48. The number of nitrogens with two attached hydrogens (primary N) is 1. The summed E-state index contributed by atoms with van der Waals surface area (Å²) in [7, 11) is 0. The van der Waals surface area contributed by atoms with E-state index >= 15 is 0 Å². The summed E-state index contributed by atoms with van der Waals surface area (Å²) in [6, 6.07) is 5.82. The van der Waals surface area contributed by atoms with Gasteiger partial charge in [-0.2, -0.15) is 0 Å². The number of anilines is 2. The molecule has 0 saturated carbocycles. The van der Waals surface area contributed by atoms with Crippen molar-refractivity contribution in [3.8, 4) is 0 Å². The fourth-order valence-electron chi connectivity index (χ4n) is 1.59. The summed E-state index contributed by atoms with van der Waals surface area (Å²) < 4.78 is 27.5. The molecule has 0 amide bonds. The molecule has 1 aromatic heterocycles. The van der Waals surface area contributed by atoms with Gasteiger partial charge in [-0.25, -0.2) is 13.8 Å². The van der Waals surface area contributed by atoms with Gasteiger partial charge in [0.2, 0.25) is 0 Å². The normalized spacial score (nSPS) is 10.3. The Morgan fingerprint density at radius 2 is 2.05 bits per heavy atom. The van der Waals surface area contributed by atoms with Crippen molar-refractivity contribution in [1.29, 1.82) is 0 Å². The summed E-state index contributed by atoms with van der Waals surface area (Å²) in [5.41, 5.74) is 6.03. The van der Waals surface area contributed by atoms with Crippen LogP contribution in [-0.2, 0) is 0 Å². The lowest BCUT2D eigenvalue weighted by molar-refractivity contribution is 0.584. The van der Waals surface area contributed by atoms with E-state index in [4.69, 9.17) is 18.0 Å². The van der Waals surface area contributed by atoms with E-state index in [1.54, 1.807) is 19.1 Å². The molecule has 0 bridgehead atoms. The minimum atomic E-state index is -0.706. The number of aromatic nitrogens is 1. The van der Waals surface area contributed by atoms with Crippen molar-refractivity contribution < 1.29 is 8.78 Å². The predicted octanol–water partition coefficient (Wildman–Crippen LogP) is 3.05. The lowest BCUT2D eigenvalue weighted by Gasteiger charge is -2.12. The van der Waals surface area contributed by atoms with Gasteiger partial charge in [-0.15, -0.1) is 0 Å². The van der Waals surface area contributed by atoms with Gasteiger partial charge in [-0.3, -0.25) is 0 Å². The number of nitrogens with zero attached hydrogens (tertiary/aromatic N) is 1. The summed E-state index contributed by atoms with van der Waals surface area (Å²) in [5.74, 6) is -1.15. The first kappa shape index (κ1) is 13.4. The number of aryl methyl sites for hydroxylation is 1. The Labute approximate surface area is 114 Å². The molecule has 1 heterocycles. The van der Waals surface area contributed by atoms with Gasteiger partial charge < -0.3 is 11.1 Å². The van der Waals surface area contributed by atoms with E-state index in [2.05, 4.69) is 10.3 Å². The molecular weight excluding hydrogens is 268 g/mol. The molecule has 3 N–H and O–H groups in total. The van der Waals surface area contributed by atoms with Crippen molar-refractivity contribution in [3.05, 3.63) is 53.2 Å². The number of halogens is 2. The van der Waals surface area contributed by atoms with Gasteiger partial charge in [0.25, 0.3) is 0 Å². The van der Waals surface area contributed by atoms with Crippen molar-refractivity contribution in [2.75, 3.05) is 5.32 Å². The molecule has 0 aliphatic rings. The third kappa shape index (κ3) is 2.68. The van der Waals surface area contributed by atoms with Gasteiger partial charge in [-0.1, -0.05) is 18.3 Å². The van der Waals surface area contributed by atoms with E-state index < -0.39 is 11.6 Å². The second kappa shape index (κ2) is 5.27. The average Bonchev–Trinajstić information content (AvgIpc) is 2.39. The third-order valence-corrected chi connectivity index (χ3v) is 2.82. The molecule has 6 heteroatoms. The number of nitrogens with one attached hydrogen (secondary N) is 1. The number of benzene rings is 1. The topological polar surface area (TPSA) is 50.9 Å². The maximum atomic E-state index is 13.9. The zero-order valence-corrected chi connectivity index (χ0v) is 10.9. The zero-order valence-electron chi connectivity index (χ0n) is 10.1. The third-order valence-electron chi connectivity index (χ3n) is 2.60. The first-order valence-electron chi connectivity index (χ1n) is 5.47. The van der Waals surface area contributed by atoms with Gasteiger partial charge in [0.1, 0.15) is 22.3 Å². The molecule has 0 atom stereocenters. The quantitative estimate of drug-likeness (QED) is 0.848. The molecule has 0 saturated heterocycles. The number of hydrogen-bond donors (Lipinski definition) is 2. The van der Waals surface area contributed by atoms with E-state index in [0.29, 0.717) is 11.1 Å². The monoisotopic (exact) mass is 279 g/mol. The summed E-state index contributed by atoms with van der Waals surface area (Å²) in [5, 5.41) is 2.60. The van der Waals surface area contributed by atoms with Gasteiger partial charge >= 0.3 is 0 Å². The predicted molar refractivity (Wildman–Crippen MR) is 74.5 cm³/mol. The van der Waals surface area contributed by atoms with Crippen LogP contribution in [0.25, 0.3) is 0 Å². The van der Waals surface area contributed by atoms with E-state index in [9.17, 15) is 8.78 Å². The first-order valence-corrected chi connectivity index (χ1v) is 5.88. The Morgan fingerprint density at radius 1 is 1.32 bits per heavy atom. The highest BCUT2D eigenvalue weighted by atomic mass is 32.1. The van der Waals surface area contributed by atoms with Crippen LogP contribution >= 0.6 is 12.2 Å². The summed E-state index contributed by atoms with van der Waals surface area (Å²) in [4.78, 5) is 4.10. The molecular formula is C13H11F2N3S. The molecule has 0 spiro atoms. The Kier molecular flexibility index (Phi) is 3.71. The van der Waals surface area contributed by atoms with Crippen LogP contribution in [0.3, 0.4) is 0 Å². The van der Waals surface area contributed by atoms with Crippen LogP contribution in [-0.4, -0.2) is 9.97 Å². The van der Waals surface area contributed by atoms with Crippen LogP contribution < -0.4 is 11.1 Å². The second-order valence-corrected chi connectivity index (χ2v) is 4.38. The molecule has 1 aromatic carbocycles. The lowest BCUT2D eigenvalue weighted by Crippen LogP contribution is -2.13. The van der Waals surface area contributed by atoms with Gasteiger partial charge in [-0.05, 0) is 30.7 Å². The Morgan fingerprint density at radius 3 is 2.74 bits per heavy atom. The first-order chi connectivity index (χ1) is 9.00. The second-order valence-electron chi connectivity index (χ2n) is 3.94. The van der Waals surface area contributed by atoms with E-state index in [-0.39, 0.29) is 16.5 Å². The van der Waals surface area contributed by atoms with Crippen LogP contribution in [0.5, 0.6) is 0 Å². The average molecular weight is 279 g/mol. The molecule has 3 nitrogen and oxygen atoms in total. The fourth-order valence-corrected chi connectivity index (χ4v) is 1.76. The summed E-state index contributed by atoms with van der Waals surface area (Å²) in [6.45, 7) is 1.55. The number of pyridine rings is 1. The molecule has 2 aromatic rings. The fraction of sp³-hybridized carbons (Fsp3) is 0.0769. The maximum Gasteiger partial charge on any atom is 0.152 e. The van der Waals surface area contributed by atoms with Crippen LogP contribution in [0.2, 0.25) is 0 Å². The van der Waals surface area contributed by atoms with Crippen LogP contribution in [0.15, 0.2) is 30.5 Å². The van der Waals surface area contributed by atoms with Crippen LogP contribution in [0.1, 0.15) is 11.1 Å². The van der Waals surface area contributed by atoms with E-state index in [1.807, 2.05) is 0 Å². The SMILES string of the molecule is Cc1ccc(F)c(Nc2ncccc2C(N)=S)c1F. The minimum absolute atomic E-state index is 0.101. The smallest absolute Gasteiger partial charge is 0.152 e. The molecule has 0 aliphatic carbocycles. The lowest BCUT2D eigenvalue weighted by atomic mass is 10.2. The molecule has 2 rings (SSSR count). The van der Waals surface area contributed by atoms with Gasteiger partial charge in [0.05, 0.1) is 5.56 Å². The van der Waals surface area contributed by atoms with E-state index in [0.717, 1.165) is 0 Å². The van der Waals surface area contributed by atoms with Crippen molar-refractivity contribution in [1.82, 2.24) is 4.98 Å². The van der Waals surface area contributed by atoms with Gasteiger partial charge in [0.15, 0.2) is 5.82 Å². The minimum Gasteiger partial charge on any atom is -0.389 e. The Bertz CT molecular complexity index is 644. The van der Waals surface area contributed by atoms with E-state index in [1.165, 1.54) is 18.3 Å². The highest BCUT2D eigenvalue weighted by molar-refractivity contribution is 7.80. The largest absolute Gasteiger partial charge is 0.389 e. The van der Waals surface area contributed by atoms with Crippen molar-refractivity contribution >= 4 is 28.7 Å². The Hall–Kier alpha value is -2.08. The van der Waals surface area contributed by atoms with Crippen molar-refractivity contribution in [2.45, 2.75) is 6.92 Å². The number of rotatable bonds is 3. The van der Waals surface area contributed by atoms with Crippen LogP contribution in [0, 0.1) is 18.6 Å². The number of hydrogen-bond acceptors (Lipinski definition) is 3. The van der Waals surface area contributed by atoms with Crippen LogP contribution in [0.4, 0.5) is 20.3 Å². The standard InChI is InChI=1S/C13H11F2N3S/c1-7-4-5-9(14)11(10(7)15)18-13-8(12(16)19)3-2-6-17-13/h2-6H,1H3,(H2,16,19)(H,17,18). The molecule has 0 radical (unpaired) electrons. The highest BCUT2D eigenvalue weighted by Gasteiger charge is 2.14. The molecule has 0 fully saturated rings. The molecule has 98 valence electrons. The van der Waals surface area contributed by atoms with Gasteiger partial charge in [0, 0.05) is 6.20 Å². The molecule has 0 aliphatic heterocycles. The maximum absolute atomic E-state index is 13.9. The molecule has 0 unspecified atom stereocenters. The molecule has 19 heavy (non-hydrogen) atoms. The zero-order chi connectivity index (χ0) is 14.0. The Balaban J connectivity index is 2.48. The van der Waals surface area contributed by atoms with Crippen molar-refractivity contribution in [2.24, 2.45) is 5.73 Å². The summed E-state index contributed by atoms with van der Waals surface area (Å²) >= 11 is 4.87. The highest BCUT2D eigenvalue weighted by Crippen LogP contribution is 2.26. The van der Waals surface area contributed by atoms with Crippen molar-refractivity contribution in [3.63, 3.8) is 0 Å². The number of thiocarbonyl (C=S) groups is 1.